The molecule has 1 unspecified atom stereocenters. The number of nitrogens with zero attached hydrogens (tertiary/aromatic N) is 1. The van der Waals surface area contributed by atoms with Gasteiger partial charge in [0, 0.05) is 22.9 Å². The van der Waals surface area contributed by atoms with Crippen LogP contribution in [0.25, 0.3) is 10.8 Å². The van der Waals surface area contributed by atoms with Gasteiger partial charge in [0.1, 0.15) is 0 Å². The van der Waals surface area contributed by atoms with Crippen LogP contribution >= 0.6 is 23.4 Å². The van der Waals surface area contributed by atoms with Crippen molar-refractivity contribution in [2.75, 3.05) is 12.3 Å². The summed E-state index contributed by atoms with van der Waals surface area (Å²) >= 11 is 7.71. The Labute approximate surface area is 174 Å². The van der Waals surface area contributed by atoms with Gasteiger partial charge in [-0.1, -0.05) is 66.2 Å². The normalized spacial score (nSPS) is 16.2. The van der Waals surface area contributed by atoms with E-state index in [1.807, 2.05) is 48.5 Å². The topological polar surface area (TPSA) is 41.5 Å². The van der Waals surface area contributed by atoms with Crippen molar-refractivity contribution >= 4 is 45.1 Å². The van der Waals surface area contributed by atoms with Crippen LogP contribution in [-0.2, 0) is 11.2 Å². The van der Waals surface area contributed by atoms with Gasteiger partial charge in [-0.2, -0.15) is 0 Å². The second-order valence-corrected chi connectivity index (χ2v) is 8.30. The number of rotatable bonds is 6. The van der Waals surface area contributed by atoms with Crippen molar-refractivity contribution in [3.63, 3.8) is 0 Å². The molecule has 1 atom stereocenters. The minimum atomic E-state index is 0.0592. The van der Waals surface area contributed by atoms with E-state index in [4.69, 9.17) is 16.6 Å². The summed E-state index contributed by atoms with van der Waals surface area (Å²) in [4.78, 5) is 17.2. The summed E-state index contributed by atoms with van der Waals surface area (Å²) in [7, 11) is 0. The van der Waals surface area contributed by atoms with Crippen LogP contribution in [0.2, 0.25) is 5.02 Å². The summed E-state index contributed by atoms with van der Waals surface area (Å²) < 4.78 is 0. The minimum Gasteiger partial charge on any atom is -0.356 e. The first-order valence-electron chi connectivity index (χ1n) is 9.39. The molecule has 3 aromatic carbocycles. The maximum absolute atomic E-state index is 12.4. The van der Waals surface area contributed by atoms with Crippen LogP contribution in [0, 0.1) is 0 Å². The van der Waals surface area contributed by atoms with Gasteiger partial charge < -0.3 is 5.32 Å². The van der Waals surface area contributed by atoms with E-state index < -0.39 is 0 Å². The summed E-state index contributed by atoms with van der Waals surface area (Å²) in [5.41, 5.74) is 2.17. The molecule has 0 spiro atoms. The molecular formula is C23H21ClN2OS. The lowest BCUT2D eigenvalue weighted by atomic mass is 10.0. The number of benzene rings is 3. The molecule has 1 N–H and O–H groups in total. The lowest BCUT2D eigenvalue weighted by Gasteiger charge is -2.09. The summed E-state index contributed by atoms with van der Waals surface area (Å²) in [5, 5.41) is 7.15. The van der Waals surface area contributed by atoms with Gasteiger partial charge in [0.15, 0.2) is 0 Å². The largest absolute Gasteiger partial charge is 0.356 e. The molecule has 0 aliphatic carbocycles. The standard InChI is InChI=1S/C23H21ClN2OS/c24-19-10-8-17(9-11-19)23-26-20(15-28-23)12-13-25-22(27)14-18-6-3-5-16-4-1-2-7-21(16)18/h1-11,20H,12-15H2,(H,25,27). The van der Waals surface area contributed by atoms with Crippen LogP contribution in [-0.4, -0.2) is 29.3 Å². The van der Waals surface area contributed by atoms with Gasteiger partial charge in [0.25, 0.3) is 0 Å². The summed E-state index contributed by atoms with van der Waals surface area (Å²) in [5.74, 6) is 1.01. The zero-order valence-corrected chi connectivity index (χ0v) is 17.0. The van der Waals surface area contributed by atoms with Crippen molar-refractivity contribution in [2.24, 2.45) is 4.99 Å². The third-order valence-corrected chi connectivity index (χ3v) is 6.25. The average Bonchev–Trinajstić information content (AvgIpc) is 3.18. The molecule has 28 heavy (non-hydrogen) atoms. The molecule has 142 valence electrons. The van der Waals surface area contributed by atoms with Gasteiger partial charge >= 0.3 is 0 Å². The predicted octanol–water partition coefficient (Wildman–Crippen LogP) is 5.10. The number of carbonyl (C=O) groups is 1. The van der Waals surface area contributed by atoms with Gasteiger partial charge in [-0.15, -0.1) is 11.8 Å². The Hall–Kier alpha value is -2.30. The Balaban J connectivity index is 1.29. The highest BCUT2D eigenvalue weighted by Gasteiger charge is 2.19. The zero-order valence-electron chi connectivity index (χ0n) is 15.4. The van der Waals surface area contributed by atoms with Crippen LogP contribution < -0.4 is 5.32 Å². The second-order valence-electron chi connectivity index (χ2n) is 6.86. The van der Waals surface area contributed by atoms with Gasteiger partial charge in [-0.05, 0) is 34.9 Å². The molecule has 0 radical (unpaired) electrons. The molecule has 0 saturated carbocycles. The Morgan fingerprint density at radius 3 is 2.71 bits per heavy atom. The number of thioether (sulfide) groups is 1. The highest BCUT2D eigenvalue weighted by Crippen LogP contribution is 2.25. The van der Waals surface area contributed by atoms with Crippen molar-refractivity contribution in [1.82, 2.24) is 5.32 Å². The molecule has 5 heteroatoms. The van der Waals surface area contributed by atoms with E-state index in [-0.39, 0.29) is 11.9 Å². The first kappa shape index (κ1) is 19.0. The minimum absolute atomic E-state index is 0.0592. The number of aliphatic imine (C=N–C) groups is 1. The molecule has 1 amide bonds. The van der Waals surface area contributed by atoms with Gasteiger partial charge in [0.2, 0.25) is 5.91 Å². The van der Waals surface area contributed by atoms with Crippen LogP contribution in [0.5, 0.6) is 0 Å². The molecule has 0 bridgehead atoms. The maximum atomic E-state index is 12.4. The Bertz CT molecular complexity index is 1010. The van der Waals surface area contributed by atoms with E-state index in [1.165, 1.54) is 5.39 Å². The molecule has 1 aliphatic heterocycles. The summed E-state index contributed by atoms with van der Waals surface area (Å²) in [6.07, 6.45) is 1.26. The van der Waals surface area contributed by atoms with Crippen molar-refractivity contribution in [1.29, 1.82) is 0 Å². The van der Waals surface area contributed by atoms with Crippen molar-refractivity contribution in [3.05, 3.63) is 82.9 Å². The number of nitrogens with one attached hydrogen (secondary N) is 1. The average molecular weight is 409 g/mol. The van der Waals surface area contributed by atoms with Crippen molar-refractivity contribution in [2.45, 2.75) is 18.9 Å². The van der Waals surface area contributed by atoms with Gasteiger partial charge in [0.05, 0.1) is 17.5 Å². The molecular weight excluding hydrogens is 388 g/mol. The summed E-state index contributed by atoms with van der Waals surface area (Å²) in [6, 6.07) is 22.3. The molecule has 0 fully saturated rings. The molecule has 3 aromatic rings. The lowest BCUT2D eigenvalue weighted by molar-refractivity contribution is -0.120. The molecule has 0 aromatic heterocycles. The van der Waals surface area contributed by atoms with Crippen LogP contribution in [0.15, 0.2) is 71.7 Å². The monoisotopic (exact) mass is 408 g/mol. The molecule has 1 aliphatic rings. The van der Waals surface area contributed by atoms with Gasteiger partial charge in [-0.3, -0.25) is 9.79 Å². The highest BCUT2D eigenvalue weighted by atomic mass is 35.5. The first-order valence-corrected chi connectivity index (χ1v) is 10.8. The first-order chi connectivity index (χ1) is 13.7. The fraction of sp³-hybridized carbons (Fsp3) is 0.217. The Kier molecular flexibility index (Phi) is 5.98. The van der Waals surface area contributed by atoms with E-state index in [0.717, 1.165) is 38.8 Å². The fourth-order valence-corrected chi connectivity index (χ4v) is 4.62. The lowest BCUT2D eigenvalue weighted by Crippen LogP contribution is -2.28. The van der Waals surface area contributed by atoms with E-state index in [9.17, 15) is 4.79 Å². The number of carbonyl (C=O) groups excluding carboxylic acids is 1. The Morgan fingerprint density at radius 1 is 1.07 bits per heavy atom. The zero-order chi connectivity index (χ0) is 19.3. The van der Waals surface area contributed by atoms with Crippen LogP contribution in [0.1, 0.15) is 17.5 Å². The van der Waals surface area contributed by atoms with Crippen LogP contribution in [0.4, 0.5) is 0 Å². The molecule has 4 rings (SSSR count). The van der Waals surface area contributed by atoms with Crippen LogP contribution in [0.3, 0.4) is 0 Å². The molecule has 3 nitrogen and oxygen atoms in total. The van der Waals surface area contributed by atoms with Crippen molar-refractivity contribution < 1.29 is 4.79 Å². The Morgan fingerprint density at radius 2 is 1.86 bits per heavy atom. The number of hydrogen-bond acceptors (Lipinski definition) is 3. The third-order valence-electron chi connectivity index (χ3n) is 4.83. The van der Waals surface area contributed by atoms with E-state index in [2.05, 4.69) is 23.5 Å². The third kappa shape index (κ3) is 4.57. The number of hydrogen-bond donors (Lipinski definition) is 1. The van der Waals surface area contributed by atoms with E-state index >= 15 is 0 Å². The predicted molar refractivity (Wildman–Crippen MR) is 120 cm³/mol. The van der Waals surface area contributed by atoms with E-state index in [1.54, 1.807) is 11.8 Å². The second kappa shape index (κ2) is 8.80. The number of halogens is 1. The van der Waals surface area contributed by atoms with E-state index in [0.29, 0.717) is 13.0 Å². The molecule has 1 heterocycles. The molecule has 0 saturated heterocycles. The SMILES string of the molecule is O=C(Cc1cccc2ccccc12)NCCC1CSC(c2ccc(Cl)cc2)=N1. The fourth-order valence-electron chi connectivity index (χ4n) is 3.37. The van der Waals surface area contributed by atoms with Crippen molar-refractivity contribution in [3.8, 4) is 0 Å². The highest BCUT2D eigenvalue weighted by molar-refractivity contribution is 8.14. The smallest absolute Gasteiger partial charge is 0.224 e. The van der Waals surface area contributed by atoms with Gasteiger partial charge in [-0.25, -0.2) is 0 Å². The maximum Gasteiger partial charge on any atom is 0.224 e. The summed E-state index contributed by atoms with van der Waals surface area (Å²) in [6.45, 7) is 0.645. The number of amides is 1. The number of fused-ring (bicyclic) bond motifs is 1. The quantitative estimate of drug-likeness (QED) is 0.616.